The van der Waals surface area contributed by atoms with Gasteiger partial charge in [-0.2, -0.15) is 0 Å². The number of halogens is 1. The topological polar surface area (TPSA) is 61.4 Å². The molecule has 6 heteroatoms. The van der Waals surface area contributed by atoms with E-state index in [4.69, 9.17) is 0 Å². The number of hydrogen-bond donors (Lipinski definition) is 3. The highest BCUT2D eigenvalue weighted by molar-refractivity contribution is 8.00. The van der Waals surface area contributed by atoms with E-state index in [9.17, 15) is 14.3 Å². The number of fused-ring (bicyclic) bond motifs is 1. The third kappa shape index (κ3) is 4.14. The summed E-state index contributed by atoms with van der Waals surface area (Å²) in [5.41, 5.74) is 4.26. The molecular formula is C24H23FN2O2S. The van der Waals surface area contributed by atoms with Gasteiger partial charge in [-0.25, -0.2) is 9.18 Å². The standard InChI is InChI=1S/C24H23FN2O2S/c1-24(2)14-17-13-16(23(28)29)9-12-20(17)26-22(24)15-7-10-18(11-8-15)27-30-21-6-4-3-5-19(21)25/h3-13,22,26-27H,14H2,1-2H3,(H,28,29). The zero-order chi connectivity index (χ0) is 21.3. The van der Waals surface area contributed by atoms with Crippen LogP contribution in [-0.2, 0) is 6.42 Å². The molecule has 0 amide bonds. The number of carboxylic acids is 1. The lowest BCUT2D eigenvalue weighted by molar-refractivity contribution is 0.0696. The molecule has 0 spiro atoms. The molecule has 30 heavy (non-hydrogen) atoms. The van der Waals surface area contributed by atoms with Crippen LogP contribution in [0.2, 0.25) is 0 Å². The second kappa shape index (κ2) is 8.03. The maximum atomic E-state index is 13.8. The van der Waals surface area contributed by atoms with Crippen LogP contribution in [0.25, 0.3) is 0 Å². The summed E-state index contributed by atoms with van der Waals surface area (Å²) >= 11 is 1.25. The minimum Gasteiger partial charge on any atom is -0.478 e. The number of nitrogens with one attached hydrogen (secondary N) is 2. The number of carboxylic acid groups (broad SMARTS) is 1. The van der Waals surface area contributed by atoms with Crippen molar-refractivity contribution < 1.29 is 14.3 Å². The van der Waals surface area contributed by atoms with Gasteiger partial charge in [0.05, 0.1) is 16.5 Å². The summed E-state index contributed by atoms with van der Waals surface area (Å²) in [6.45, 7) is 4.36. The first-order valence-electron chi connectivity index (χ1n) is 9.73. The van der Waals surface area contributed by atoms with Crippen LogP contribution in [0, 0.1) is 11.2 Å². The summed E-state index contributed by atoms with van der Waals surface area (Å²) in [4.78, 5) is 11.8. The summed E-state index contributed by atoms with van der Waals surface area (Å²) in [6, 6.07) is 20.1. The van der Waals surface area contributed by atoms with E-state index >= 15 is 0 Å². The summed E-state index contributed by atoms with van der Waals surface area (Å²) < 4.78 is 17.0. The van der Waals surface area contributed by atoms with Crippen molar-refractivity contribution in [2.75, 3.05) is 10.0 Å². The predicted octanol–water partition coefficient (Wildman–Crippen LogP) is 6.38. The van der Waals surface area contributed by atoms with Gasteiger partial charge < -0.3 is 15.1 Å². The van der Waals surface area contributed by atoms with Crippen LogP contribution in [0.5, 0.6) is 0 Å². The highest BCUT2D eigenvalue weighted by Crippen LogP contribution is 2.45. The van der Waals surface area contributed by atoms with Gasteiger partial charge in [0.1, 0.15) is 5.82 Å². The zero-order valence-electron chi connectivity index (χ0n) is 16.8. The lowest BCUT2D eigenvalue weighted by Gasteiger charge is -2.41. The Balaban J connectivity index is 1.51. The molecule has 1 heterocycles. The molecule has 4 rings (SSSR count). The van der Waals surface area contributed by atoms with Gasteiger partial charge in [0.25, 0.3) is 0 Å². The zero-order valence-corrected chi connectivity index (χ0v) is 17.6. The van der Waals surface area contributed by atoms with Crippen LogP contribution in [0.4, 0.5) is 15.8 Å². The van der Waals surface area contributed by atoms with Gasteiger partial charge in [-0.05, 0) is 77.4 Å². The predicted molar refractivity (Wildman–Crippen MR) is 120 cm³/mol. The number of hydrogen-bond acceptors (Lipinski definition) is 4. The lowest BCUT2D eigenvalue weighted by Crippen LogP contribution is -2.35. The first-order chi connectivity index (χ1) is 14.3. The summed E-state index contributed by atoms with van der Waals surface area (Å²) in [5.74, 6) is -1.15. The molecule has 1 atom stereocenters. The molecule has 0 aliphatic carbocycles. The van der Waals surface area contributed by atoms with Crippen LogP contribution in [0.15, 0.2) is 71.6 Å². The molecule has 154 valence electrons. The molecule has 1 aliphatic rings. The number of rotatable bonds is 5. The number of carbonyl (C=O) groups is 1. The minimum atomic E-state index is -0.908. The van der Waals surface area contributed by atoms with Crippen molar-refractivity contribution in [3.05, 3.63) is 89.2 Å². The average Bonchev–Trinajstić information content (AvgIpc) is 2.72. The second-order valence-electron chi connectivity index (χ2n) is 8.18. The maximum absolute atomic E-state index is 13.8. The van der Waals surface area contributed by atoms with Gasteiger partial charge in [0.15, 0.2) is 0 Å². The van der Waals surface area contributed by atoms with Crippen LogP contribution in [-0.4, -0.2) is 11.1 Å². The fourth-order valence-electron chi connectivity index (χ4n) is 3.88. The monoisotopic (exact) mass is 422 g/mol. The fraction of sp³-hybridized carbons (Fsp3) is 0.208. The Bertz CT molecular complexity index is 1080. The number of benzene rings is 3. The van der Waals surface area contributed by atoms with Gasteiger partial charge in [-0.15, -0.1) is 0 Å². The van der Waals surface area contributed by atoms with Crippen LogP contribution in [0.3, 0.4) is 0 Å². The van der Waals surface area contributed by atoms with Crippen molar-refractivity contribution in [1.29, 1.82) is 0 Å². The molecule has 0 saturated carbocycles. The van der Waals surface area contributed by atoms with Crippen molar-refractivity contribution in [3.8, 4) is 0 Å². The number of aromatic carboxylic acids is 1. The molecule has 1 unspecified atom stereocenters. The summed E-state index contributed by atoms with van der Waals surface area (Å²) in [7, 11) is 0. The first-order valence-corrected chi connectivity index (χ1v) is 10.6. The molecule has 0 bridgehead atoms. The molecule has 0 saturated heterocycles. The van der Waals surface area contributed by atoms with Gasteiger partial charge in [-0.3, -0.25) is 0 Å². The Kier molecular flexibility index (Phi) is 5.43. The highest BCUT2D eigenvalue weighted by Gasteiger charge is 2.36. The van der Waals surface area contributed by atoms with E-state index in [1.807, 2.05) is 24.3 Å². The van der Waals surface area contributed by atoms with Crippen molar-refractivity contribution in [3.63, 3.8) is 0 Å². The van der Waals surface area contributed by atoms with Crippen molar-refractivity contribution in [2.24, 2.45) is 5.41 Å². The molecule has 3 aromatic carbocycles. The summed E-state index contributed by atoms with van der Waals surface area (Å²) in [6.07, 6.45) is 0.782. The average molecular weight is 423 g/mol. The second-order valence-corrected chi connectivity index (χ2v) is 9.02. The molecule has 1 aliphatic heterocycles. The normalized spacial score (nSPS) is 17.0. The van der Waals surface area contributed by atoms with E-state index < -0.39 is 5.97 Å². The fourth-order valence-corrected chi connectivity index (χ4v) is 4.55. The Hall–Kier alpha value is -2.99. The van der Waals surface area contributed by atoms with Crippen LogP contribution < -0.4 is 10.0 Å². The molecule has 0 fully saturated rings. The Morgan fingerprint density at radius 3 is 2.57 bits per heavy atom. The molecule has 0 aromatic heterocycles. The van der Waals surface area contributed by atoms with Gasteiger partial charge in [0.2, 0.25) is 0 Å². The van der Waals surface area contributed by atoms with Gasteiger partial charge in [0, 0.05) is 11.4 Å². The molecular weight excluding hydrogens is 399 g/mol. The largest absolute Gasteiger partial charge is 0.478 e. The third-order valence-electron chi connectivity index (χ3n) is 5.44. The van der Waals surface area contributed by atoms with Crippen molar-refractivity contribution in [1.82, 2.24) is 0 Å². The highest BCUT2D eigenvalue weighted by atomic mass is 32.2. The van der Waals surface area contributed by atoms with Crippen molar-refractivity contribution in [2.45, 2.75) is 31.2 Å². The molecule has 3 N–H and O–H groups in total. The van der Waals surface area contributed by atoms with E-state index in [0.29, 0.717) is 10.5 Å². The molecule has 4 nitrogen and oxygen atoms in total. The maximum Gasteiger partial charge on any atom is 0.335 e. The van der Waals surface area contributed by atoms with Gasteiger partial charge in [-0.1, -0.05) is 38.1 Å². The lowest BCUT2D eigenvalue weighted by atomic mass is 9.73. The number of anilines is 2. The van der Waals surface area contributed by atoms with Crippen LogP contribution >= 0.6 is 11.9 Å². The van der Waals surface area contributed by atoms with E-state index in [1.54, 1.807) is 24.3 Å². The Morgan fingerprint density at radius 2 is 1.87 bits per heavy atom. The van der Waals surface area contributed by atoms with Crippen molar-refractivity contribution >= 4 is 29.3 Å². The quantitative estimate of drug-likeness (QED) is 0.417. The van der Waals surface area contributed by atoms with E-state index in [2.05, 4.69) is 36.0 Å². The first kappa shape index (κ1) is 20.3. The third-order valence-corrected chi connectivity index (χ3v) is 6.33. The summed E-state index contributed by atoms with van der Waals surface area (Å²) in [5, 5.41) is 12.8. The van der Waals surface area contributed by atoms with Crippen LogP contribution in [0.1, 0.15) is 41.4 Å². The Labute approximate surface area is 179 Å². The smallest absolute Gasteiger partial charge is 0.335 e. The Morgan fingerprint density at radius 1 is 1.13 bits per heavy atom. The SMILES string of the molecule is CC1(C)Cc2cc(C(=O)O)ccc2NC1c1ccc(NSc2ccccc2F)cc1. The molecule has 0 radical (unpaired) electrons. The van der Waals surface area contributed by atoms with E-state index in [0.717, 1.165) is 28.9 Å². The van der Waals surface area contributed by atoms with Gasteiger partial charge >= 0.3 is 5.97 Å². The minimum absolute atomic E-state index is 0.0916. The van der Waals surface area contributed by atoms with E-state index in [1.165, 1.54) is 18.0 Å². The molecule has 3 aromatic rings. The van der Waals surface area contributed by atoms with E-state index in [-0.39, 0.29) is 17.3 Å².